The summed E-state index contributed by atoms with van der Waals surface area (Å²) in [5, 5.41) is 6.13. The zero-order chi connectivity index (χ0) is 21.8. The first-order valence-electron chi connectivity index (χ1n) is 8.95. The van der Waals surface area contributed by atoms with Gasteiger partial charge in [0.1, 0.15) is 23.9 Å². The summed E-state index contributed by atoms with van der Waals surface area (Å²) < 4.78 is 53.7. The van der Waals surface area contributed by atoms with E-state index in [0.717, 1.165) is 29.3 Å². The summed E-state index contributed by atoms with van der Waals surface area (Å²) in [6.45, 7) is 2.30. The van der Waals surface area contributed by atoms with E-state index in [9.17, 15) is 18.0 Å². The van der Waals surface area contributed by atoms with Crippen molar-refractivity contribution >= 4 is 11.6 Å². The van der Waals surface area contributed by atoms with Crippen LogP contribution in [0, 0.1) is 26.6 Å². The number of benzene rings is 2. The van der Waals surface area contributed by atoms with E-state index in [0.29, 0.717) is 17.1 Å². The molecule has 1 N–H and O–H groups in total. The van der Waals surface area contributed by atoms with Crippen molar-refractivity contribution in [1.82, 2.24) is 5.16 Å². The zero-order valence-electron chi connectivity index (χ0n) is 16.5. The molecular formula is C21H19F3N2O4. The molecule has 0 bridgehead atoms. The largest absolute Gasteiger partial charge is 0.488 e. The molecule has 0 atom stereocenters. The number of amides is 1. The van der Waals surface area contributed by atoms with Gasteiger partial charge in [0.15, 0.2) is 11.4 Å². The number of rotatable bonds is 7. The number of hydrogen-bond donors (Lipinski definition) is 1. The van der Waals surface area contributed by atoms with Crippen molar-refractivity contribution in [3.05, 3.63) is 70.4 Å². The Labute approximate surface area is 170 Å². The van der Waals surface area contributed by atoms with Crippen molar-refractivity contribution < 1.29 is 32.0 Å². The number of carbonyl (C=O) groups excluding carboxylic acids is 1. The van der Waals surface area contributed by atoms with Crippen LogP contribution in [0.15, 0.2) is 40.9 Å². The van der Waals surface area contributed by atoms with Crippen LogP contribution in [0.4, 0.5) is 18.9 Å². The summed E-state index contributed by atoms with van der Waals surface area (Å²) in [5.41, 5.74) is 2.19. The van der Waals surface area contributed by atoms with Crippen LogP contribution in [0.1, 0.15) is 32.9 Å². The number of ether oxygens (including phenoxy) is 2. The van der Waals surface area contributed by atoms with Crippen molar-refractivity contribution in [2.75, 3.05) is 5.32 Å². The van der Waals surface area contributed by atoms with Gasteiger partial charge in [0, 0.05) is 6.07 Å². The first kappa shape index (κ1) is 21.2. The van der Waals surface area contributed by atoms with E-state index < -0.39 is 24.1 Å². The summed E-state index contributed by atoms with van der Waals surface area (Å²) in [7, 11) is 0. The molecule has 9 heteroatoms. The molecule has 0 spiro atoms. The highest BCUT2D eigenvalue weighted by Gasteiger charge is 2.22. The van der Waals surface area contributed by atoms with E-state index in [1.807, 2.05) is 32.0 Å². The molecule has 0 aliphatic carbocycles. The van der Waals surface area contributed by atoms with Crippen molar-refractivity contribution in [3.63, 3.8) is 0 Å². The number of halogens is 3. The summed E-state index contributed by atoms with van der Waals surface area (Å²) >= 11 is 0. The van der Waals surface area contributed by atoms with Crippen LogP contribution in [0.25, 0.3) is 0 Å². The lowest BCUT2D eigenvalue weighted by Crippen LogP contribution is -2.17. The van der Waals surface area contributed by atoms with Gasteiger partial charge in [-0.15, -0.1) is 0 Å². The minimum Gasteiger partial charge on any atom is -0.488 e. The summed E-state index contributed by atoms with van der Waals surface area (Å²) in [6.07, 6.45) is 0. The molecule has 1 aromatic heterocycles. The molecular weight excluding hydrogens is 401 g/mol. The molecule has 0 unspecified atom stereocenters. The van der Waals surface area contributed by atoms with Gasteiger partial charge in [-0.05, 0) is 44.5 Å². The Morgan fingerprint density at radius 3 is 2.60 bits per heavy atom. The molecule has 0 saturated heterocycles. The van der Waals surface area contributed by atoms with Gasteiger partial charge < -0.3 is 19.3 Å². The number of carbonyl (C=O) groups is 1. The third-order valence-electron chi connectivity index (χ3n) is 4.31. The molecule has 30 heavy (non-hydrogen) atoms. The fourth-order valence-electron chi connectivity index (χ4n) is 2.83. The van der Waals surface area contributed by atoms with E-state index in [-0.39, 0.29) is 18.0 Å². The van der Waals surface area contributed by atoms with E-state index >= 15 is 0 Å². The minimum atomic E-state index is -3.18. The molecule has 1 heterocycles. The lowest BCUT2D eigenvalue weighted by molar-refractivity contribution is -0.0495. The van der Waals surface area contributed by atoms with Crippen molar-refractivity contribution in [1.29, 1.82) is 0 Å². The van der Waals surface area contributed by atoms with Crippen LogP contribution in [0.2, 0.25) is 0 Å². The predicted octanol–water partition coefficient (Wildman–Crippen LogP) is 5.17. The molecule has 0 fully saturated rings. The summed E-state index contributed by atoms with van der Waals surface area (Å²) in [4.78, 5) is 12.7. The number of aryl methyl sites for hydroxylation is 3. The van der Waals surface area contributed by atoms with Gasteiger partial charge in [-0.25, -0.2) is 4.39 Å². The average molecular weight is 420 g/mol. The second-order valence-electron chi connectivity index (χ2n) is 6.60. The van der Waals surface area contributed by atoms with Crippen molar-refractivity contribution in [2.24, 2.45) is 0 Å². The number of nitrogens with zero attached hydrogens (tertiary/aromatic N) is 1. The predicted molar refractivity (Wildman–Crippen MR) is 102 cm³/mol. The fraction of sp³-hybridized carbons (Fsp3) is 0.238. The van der Waals surface area contributed by atoms with Gasteiger partial charge >= 0.3 is 6.61 Å². The van der Waals surface area contributed by atoms with Gasteiger partial charge in [-0.2, -0.15) is 8.78 Å². The van der Waals surface area contributed by atoms with Crippen molar-refractivity contribution in [3.8, 4) is 11.5 Å². The summed E-state index contributed by atoms with van der Waals surface area (Å²) in [5.74, 6) is -1.03. The van der Waals surface area contributed by atoms with Gasteiger partial charge in [0.05, 0.1) is 11.3 Å². The standard InChI is InChI=1S/C21H19F3N2O4/c1-11-4-7-17(12(2)8-11)28-10-15-13(3)30-26-19(15)20(27)25-16-6-5-14(22)9-18(16)29-21(23)24/h4-9,21H,10H2,1-3H3,(H,25,27). The molecule has 0 aliphatic heterocycles. The molecule has 158 valence electrons. The van der Waals surface area contributed by atoms with Gasteiger partial charge in [-0.3, -0.25) is 4.79 Å². The number of alkyl halides is 2. The van der Waals surface area contributed by atoms with Crippen LogP contribution >= 0.6 is 0 Å². The van der Waals surface area contributed by atoms with E-state index in [4.69, 9.17) is 9.26 Å². The Kier molecular flexibility index (Phi) is 6.29. The van der Waals surface area contributed by atoms with E-state index in [1.165, 1.54) is 0 Å². The third kappa shape index (κ3) is 4.91. The highest BCUT2D eigenvalue weighted by atomic mass is 19.3. The molecule has 0 radical (unpaired) electrons. The first-order valence-corrected chi connectivity index (χ1v) is 8.95. The van der Waals surface area contributed by atoms with Crippen molar-refractivity contribution in [2.45, 2.75) is 34.0 Å². The smallest absolute Gasteiger partial charge is 0.387 e. The van der Waals surface area contributed by atoms with Gasteiger partial charge in [0.25, 0.3) is 5.91 Å². The Balaban J connectivity index is 1.80. The highest BCUT2D eigenvalue weighted by Crippen LogP contribution is 2.28. The van der Waals surface area contributed by atoms with Gasteiger partial charge in [0.2, 0.25) is 0 Å². The number of nitrogens with one attached hydrogen (secondary N) is 1. The van der Waals surface area contributed by atoms with Crippen LogP contribution in [0.5, 0.6) is 11.5 Å². The average Bonchev–Trinajstić information content (AvgIpc) is 3.03. The fourth-order valence-corrected chi connectivity index (χ4v) is 2.83. The van der Waals surface area contributed by atoms with E-state index in [1.54, 1.807) is 6.92 Å². The Hall–Kier alpha value is -3.49. The maximum absolute atomic E-state index is 13.4. The number of anilines is 1. The zero-order valence-corrected chi connectivity index (χ0v) is 16.5. The number of aromatic nitrogens is 1. The highest BCUT2D eigenvalue weighted by molar-refractivity contribution is 6.04. The molecule has 6 nitrogen and oxygen atoms in total. The van der Waals surface area contributed by atoms with Crippen LogP contribution in [-0.2, 0) is 6.61 Å². The quantitative estimate of drug-likeness (QED) is 0.571. The Morgan fingerprint density at radius 2 is 1.90 bits per heavy atom. The normalized spacial score (nSPS) is 10.9. The molecule has 1 amide bonds. The second-order valence-corrected chi connectivity index (χ2v) is 6.60. The Bertz CT molecular complexity index is 1070. The van der Waals surface area contributed by atoms with E-state index in [2.05, 4.69) is 15.2 Å². The van der Waals surface area contributed by atoms with Crippen LogP contribution in [0.3, 0.4) is 0 Å². The molecule has 3 rings (SSSR count). The lowest BCUT2D eigenvalue weighted by Gasteiger charge is -2.12. The maximum atomic E-state index is 13.4. The number of hydrogen-bond acceptors (Lipinski definition) is 5. The minimum absolute atomic E-state index is 0.00575. The SMILES string of the molecule is Cc1ccc(OCc2c(C(=O)Nc3ccc(F)cc3OC(F)F)noc2C)c(C)c1. The van der Waals surface area contributed by atoms with Crippen LogP contribution < -0.4 is 14.8 Å². The lowest BCUT2D eigenvalue weighted by atomic mass is 10.1. The maximum Gasteiger partial charge on any atom is 0.387 e. The van der Waals surface area contributed by atoms with Gasteiger partial charge in [-0.1, -0.05) is 22.9 Å². The topological polar surface area (TPSA) is 73.6 Å². The monoisotopic (exact) mass is 420 g/mol. The second kappa shape index (κ2) is 8.89. The first-order chi connectivity index (χ1) is 14.2. The molecule has 0 aliphatic rings. The van der Waals surface area contributed by atoms with Crippen LogP contribution in [-0.4, -0.2) is 17.7 Å². The molecule has 0 saturated carbocycles. The molecule has 3 aromatic rings. The third-order valence-corrected chi connectivity index (χ3v) is 4.31. The summed E-state index contributed by atoms with van der Waals surface area (Å²) in [6, 6.07) is 8.55. The molecule has 2 aromatic carbocycles. The Morgan fingerprint density at radius 1 is 1.13 bits per heavy atom.